The molecule has 0 radical (unpaired) electrons. The average molecular weight is 263 g/mol. The van der Waals surface area contributed by atoms with Crippen LogP contribution in [0.3, 0.4) is 0 Å². The molecule has 2 rings (SSSR count). The van der Waals surface area contributed by atoms with E-state index in [0.717, 1.165) is 50.5 Å². The van der Waals surface area contributed by atoms with Crippen molar-refractivity contribution in [3.05, 3.63) is 17.8 Å². The molecule has 1 aliphatic heterocycles. The van der Waals surface area contributed by atoms with Gasteiger partial charge < -0.3 is 16.0 Å². The number of rotatable bonds is 5. The van der Waals surface area contributed by atoms with Gasteiger partial charge in [0.25, 0.3) is 0 Å². The first-order chi connectivity index (χ1) is 9.19. The van der Waals surface area contributed by atoms with Crippen molar-refractivity contribution < 1.29 is 0 Å². The molecular weight excluding hydrogens is 238 g/mol. The Labute approximate surface area is 115 Å². The number of piperidine rings is 1. The van der Waals surface area contributed by atoms with E-state index in [4.69, 9.17) is 5.73 Å². The summed E-state index contributed by atoms with van der Waals surface area (Å²) in [7, 11) is 0. The third-order valence-electron chi connectivity index (χ3n) is 3.66. The summed E-state index contributed by atoms with van der Waals surface area (Å²) in [5, 5.41) is 12.0. The van der Waals surface area contributed by atoms with Crippen LogP contribution in [0.15, 0.2) is 12.1 Å². The SMILES string of the molecule is CC(C)c1ccc(NC2CCN(CCN)CC2)nn1. The standard InChI is InChI=1S/C14H25N5/c1-11(2)13-3-4-14(18-17-13)16-12-5-8-19(9-6-12)10-7-15/h3-4,11-12H,5-10,15H2,1-2H3,(H,16,18). The molecule has 0 aliphatic carbocycles. The zero-order valence-electron chi connectivity index (χ0n) is 12.0. The Kier molecular flexibility index (Phi) is 5.10. The summed E-state index contributed by atoms with van der Waals surface area (Å²) in [4.78, 5) is 2.42. The number of nitrogens with zero attached hydrogens (tertiary/aromatic N) is 3. The Morgan fingerprint density at radius 1 is 1.32 bits per heavy atom. The van der Waals surface area contributed by atoms with Gasteiger partial charge in [-0.1, -0.05) is 13.8 Å². The van der Waals surface area contributed by atoms with Crippen LogP contribution in [-0.2, 0) is 0 Å². The minimum absolute atomic E-state index is 0.432. The van der Waals surface area contributed by atoms with Crippen molar-refractivity contribution in [3.63, 3.8) is 0 Å². The molecule has 1 fully saturated rings. The second-order valence-corrected chi connectivity index (χ2v) is 5.55. The van der Waals surface area contributed by atoms with Gasteiger partial charge in [-0.2, -0.15) is 5.10 Å². The zero-order chi connectivity index (χ0) is 13.7. The van der Waals surface area contributed by atoms with Gasteiger partial charge in [0, 0.05) is 32.2 Å². The Balaban J connectivity index is 1.82. The lowest BCUT2D eigenvalue weighted by molar-refractivity contribution is 0.224. The fourth-order valence-electron chi connectivity index (χ4n) is 2.42. The summed E-state index contributed by atoms with van der Waals surface area (Å²) in [5.74, 6) is 1.32. The van der Waals surface area contributed by atoms with Crippen LogP contribution < -0.4 is 11.1 Å². The molecule has 1 aromatic heterocycles. The van der Waals surface area contributed by atoms with E-state index < -0.39 is 0 Å². The lowest BCUT2D eigenvalue weighted by Gasteiger charge is -2.32. The van der Waals surface area contributed by atoms with Crippen LogP contribution in [0.1, 0.15) is 38.3 Å². The summed E-state index contributed by atoms with van der Waals surface area (Å²) in [6.07, 6.45) is 2.29. The highest BCUT2D eigenvalue weighted by molar-refractivity contribution is 5.34. The number of anilines is 1. The number of nitrogens with one attached hydrogen (secondary N) is 1. The topological polar surface area (TPSA) is 67.1 Å². The molecule has 0 saturated carbocycles. The second-order valence-electron chi connectivity index (χ2n) is 5.55. The van der Waals surface area contributed by atoms with Crippen molar-refractivity contribution in [2.24, 2.45) is 5.73 Å². The lowest BCUT2D eigenvalue weighted by Crippen LogP contribution is -2.41. The third kappa shape index (κ3) is 4.14. The molecule has 3 N–H and O–H groups in total. The molecule has 1 aliphatic rings. The van der Waals surface area contributed by atoms with Crippen molar-refractivity contribution >= 4 is 5.82 Å². The molecule has 0 atom stereocenters. The van der Waals surface area contributed by atoms with Crippen LogP contribution in [0, 0.1) is 0 Å². The van der Waals surface area contributed by atoms with E-state index in [-0.39, 0.29) is 0 Å². The van der Waals surface area contributed by atoms with Crippen LogP contribution in [0.2, 0.25) is 0 Å². The maximum Gasteiger partial charge on any atom is 0.148 e. The predicted octanol–water partition coefficient (Wildman–Crippen LogP) is 1.44. The van der Waals surface area contributed by atoms with Gasteiger partial charge in [-0.3, -0.25) is 0 Å². The average Bonchev–Trinajstić information content (AvgIpc) is 2.42. The summed E-state index contributed by atoms with van der Waals surface area (Å²) in [6.45, 7) is 8.25. The van der Waals surface area contributed by atoms with E-state index in [0.29, 0.717) is 12.0 Å². The van der Waals surface area contributed by atoms with Crippen molar-refractivity contribution in [2.75, 3.05) is 31.5 Å². The minimum Gasteiger partial charge on any atom is -0.366 e. The summed E-state index contributed by atoms with van der Waals surface area (Å²) in [5.41, 5.74) is 6.63. The lowest BCUT2D eigenvalue weighted by atomic mass is 10.1. The van der Waals surface area contributed by atoms with Crippen molar-refractivity contribution in [2.45, 2.75) is 38.6 Å². The van der Waals surface area contributed by atoms with Gasteiger partial charge in [-0.25, -0.2) is 0 Å². The summed E-state index contributed by atoms with van der Waals surface area (Å²) < 4.78 is 0. The summed E-state index contributed by atoms with van der Waals surface area (Å²) in [6, 6.07) is 4.60. The van der Waals surface area contributed by atoms with Gasteiger partial charge in [-0.05, 0) is 30.9 Å². The number of hydrogen-bond donors (Lipinski definition) is 2. The van der Waals surface area contributed by atoms with E-state index in [9.17, 15) is 0 Å². The molecule has 2 heterocycles. The second kappa shape index (κ2) is 6.82. The maximum absolute atomic E-state index is 5.58. The molecule has 19 heavy (non-hydrogen) atoms. The highest BCUT2D eigenvalue weighted by atomic mass is 15.2. The van der Waals surface area contributed by atoms with Gasteiger partial charge in [0.05, 0.1) is 5.69 Å². The molecular formula is C14H25N5. The molecule has 0 amide bonds. The van der Waals surface area contributed by atoms with E-state index in [1.165, 1.54) is 0 Å². The van der Waals surface area contributed by atoms with Crippen molar-refractivity contribution in [1.29, 1.82) is 0 Å². The smallest absolute Gasteiger partial charge is 0.148 e. The van der Waals surface area contributed by atoms with Gasteiger partial charge in [0.1, 0.15) is 5.82 Å². The van der Waals surface area contributed by atoms with Crippen LogP contribution in [0.25, 0.3) is 0 Å². The number of aromatic nitrogens is 2. The van der Waals surface area contributed by atoms with Crippen LogP contribution >= 0.6 is 0 Å². The monoisotopic (exact) mass is 263 g/mol. The first kappa shape index (κ1) is 14.2. The van der Waals surface area contributed by atoms with Gasteiger partial charge >= 0.3 is 0 Å². The molecule has 5 nitrogen and oxygen atoms in total. The third-order valence-corrected chi connectivity index (χ3v) is 3.66. The predicted molar refractivity (Wildman–Crippen MR) is 78.3 cm³/mol. The van der Waals surface area contributed by atoms with Gasteiger partial charge in [0.2, 0.25) is 0 Å². The van der Waals surface area contributed by atoms with E-state index in [1.54, 1.807) is 0 Å². The Morgan fingerprint density at radius 2 is 2.05 bits per heavy atom. The number of hydrogen-bond acceptors (Lipinski definition) is 5. The molecule has 1 aromatic rings. The Morgan fingerprint density at radius 3 is 2.58 bits per heavy atom. The molecule has 0 aromatic carbocycles. The Hall–Kier alpha value is -1.20. The quantitative estimate of drug-likeness (QED) is 0.841. The number of likely N-dealkylation sites (tertiary alicyclic amines) is 1. The molecule has 0 unspecified atom stereocenters. The van der Waals surface area contributed by atoms with Gasteiger partial charge in [0.15, 0.2) is 0 Å². The molecule has 5 heteroatoms. The van der Waals surface area contributed by atoms with Gasteiger partial charge in [-0.15, -0.1) is 5.10 Å². The van der Waals surface area contributed by atoms with Crippen molar-refractivity contribution in [1.82, 2.24) is 15.1 Å². The first-order valence-corrected chi connectivity index (χ1v) is 7.21. The fourth-order valence-corrected chi connectivity index (χ4v) is 2.42. The van der Waals surface area contributed by atoms with Crippen molar-refractivity contribution in [3.8, 4) is 0 Å². The van der Waals surface area contributed by atoms with E-state index >= 15 is 0 Å². The maximum atomic E-state index is 5.58. The molecule has 1 saturated heterocycles. The fraction of sp³-hybridized carbons (Fsp3) is 0.714. The minimum atomic E-state index is 0.432. The number of nitrogens with two attached hydrogens (primary N) is 1. The Bertz CT molecular complexity index is 368. The largest absolute Gasteiger partial charge is 0.366 e. The van der Waals surface area contributed by atoms with Crippen LogP contribution in [0.4, 0.5) is 5.82 Å². The van der Waals surface area contributed by atoms with Crippen LogP contribution in [-0.4, -0.2) is 47.3 Å². The van der Waals surface area contributed by atoms with E-state index in [1.807, 2.05) is 6.07 Å². The first-order valence-electron chi connectivity index (χ1n) is 7.21. The zero-order valence-corrected chi connectivity index (χ0v) is 12.0. The highest BCUT2D eigenvalue weighted by Gasteiger charge is 2.18. The molecule has 106 valence electrons. The van der Waals surface area contributed by atoms with E-state index in [2.05, 4.69) is 40.3 Å². The highest BCUT2D eigenvalue weighted by Crippen LogP contribution is 2.16. The summed E-state index contributed by atoms with van der Waals surface area (Å²) >= 11 is 0. The molecule has 0 spiro atoms. The molecule has 0 bridgehead atoms. The van der Waals surface area contributed by atoms with Crippen LogP contribution in [0.5, 0.6) is 0 Å². The normalized spacial score (nSPS) is 17.9.